The number of anilines is 1. The maximum Gasteiger partial charge on any atom is 0.237 e. The molecule has 3 rings (SSSR count). The van der Waals surface area contributed by atoms with Crippen LogP contribution in [0, 0.1) is 5.82 Å². The van der Waals surface area contributed by atoms with E-state index in [1.165, 1.54) is 17.8 Å². The maximum atomic E-state index is 13.8. The van der Waals surface area contributed by atoms with Crippen molar-refractivity contribution in [1.82, 2.24) is 14.8 Å². The third-order valence-corrected chi connectivity index (χ3v) is 5.62. The van der Waals surface area contributed by atoms with Gasteiger partial charge in [0, 0.05) is 16.7 Å². The number of amides is 1. The van der Waals surface area contributed by atoms with E-state index in [1.54, 1.807) is 35.8 Å². The number of carbonyl (C=O) groups is 1. The smallest absolute Gasteiger partial charge is 0.237 e. The number of hydrogen-bond donors (Lipinski definition) is 1. The van der Waals surface area contributed by atoms with E-state index in [2.05, 4.69) is 38.0 Å². The Bertz CT molecular complexity index is 1040. The Hall–Kier alpha value is -2.65. The van der Waals surface area contributed by atoms with E-state index >= 15 is 0 Å². The molecule has 6 nitrogen and oxygen atoms in total. The van der Waals surface area contributed by atoms with E-state index < -0.39 is 11.1 Å². The molecule has 1 N–H and O–H groups in total. The van der Waals surface area contributed by atoms with E-state index in [1.807, 2.05) is 24.3 Å². The fourth-order valence-corrected chi connectivity index (χ4v) is 3.83. The molecule has 0 fully saturated rings. The van der Waals surface area contributed by atoms with Gasteiger partial charge in [0.1, 0.15) is 6.61 Å². The van der Waals surface area contributed by atoms with Crippen molar-refractivity contribution >= 4 is 39.3 Å². The lowest BCUT2D eigenvalue weighted by Crippen LogP contribution is -2.23. The normalized spacial score (nSPS) is 11.7. The summed E-state index contributed by atoms with van der Waals surface area (Å²) < 4.78 is 22.0. The van der Waals surface area contributed by atoms with Gasteiger partial charge >= 0.3 is 0 Å². The zero-order valence-corrected chi connectivity index (χ0v) is 18.6. The monoisotopic (exact) mass is 490 g/mol. The van der Waals surface area contributed by atoms with Crippen molar-refractivity contribution in [2.45, 2.75) is 30.5 Å². The number of aromatic nitrogens is 3. The topological polar surface area (TPSA) is 69.0 Å². The van der Waals surface area contributed by atoms with Crippen LogP contribution in [-0.4, -0.2) is 25.9 Å². The summed E-state index contributed by atoms with van der Waals surface area (Å²) in [5.41, 5.74) is 0.702. The zero-order chi connectivity index (χ0) is 21.5. The number of nitrogens with zero attached hydrogens (tertiary/aromatic N) is 3. The summed E-state index contributed by atoms with van der Waals surface area (Å²) in [5, 5.41) is 11.3. The predicted octanol–water partition coefficient (Wildman–Crippen LogP) is 5.06. The SMILES string of the molecule is C=CCn1c(COc2ccccc2F)nnc1SC(C)C(=O)Nc1cccc(Br)c1. The first-order chi connectivity index (χ1) is 14.5. The Morgan fingerprint density at radius 1 is 1.33 bits per heavy atom. The zero-order valence-electron chi connectivity index (χ0n) is 16.2. The van der Waals surface area contributed by atoms with Crippen molar-refractivity contribution < 1.29 is 13.9 Å². The van der Waals surface area contributed by atoms with Gasteiger partial charge in [0.25, 0.3) is 0 Å². The van der Waals surface area contributed by atoms with Crippen LogP contribution in [0.15, 0.2) is 70.8 Å². The van der Waals surface area contributed by atoms with Gasteiger partial charge in [-0.3, -0.25) is 9.36 Å². The van der Waals surface area contributed by atoms with Crippen molar-refractivity contribution in [3.63, 3.8) is 0 Å². The van der Waals surface area contributed by atoms with Gasteiger partial charge in [-0.05, 0) is 37.3 Å². The highest BCUT2D eigenvalue weighted by Crippen LogP contribution is 2.25. The summed E-state index contributed by atoms with van der Waals surface area (Å²) >= 11 is 4.66. The van der Waals surface area contributed by atoms with Crippen LogP contribution in [0.4, 0.5) is 10.1 Å². The predicted molar refractivity (Wildman–Crippen MR) is 119 cm³/mol. The molecule has 1 aromatic heterocycles. The van der Waals surface area contributed by atoms with Gasteiger partial charge < -0.3 is 10.1 Å². The lowest BCUT2D eigenvalue weighted by atomic mass is 10.3. The number of ether oxygens (including phenoxy) is 1. The minimum absolute atomic E-state index is 0.0426. The van der Waals surface area contributed by atoms with Crippen molar-refractivity contribution in [1.29, 1.82) is 0 Å². The van der Waals surface area contributed by atoms with Gasteiger partial charge in [0.2, 0.25) is 5.91 Å². The molecule has 0 spiro atoms. The van der Waals surface area contributed by atoms with Gasteiger partial charge in [-0.25, -0.2) is 4.39 Å². The first-order valence-corrected chi connectivity index (χ1v) is 10.8. The van der Waals surface area contributed by atoms with Crippen molar-refractivity contribution in [3.05, 3.63) is 77.3 Å². The summed E-state index contributed by atoms with van der Waals surface area (Å²) in [6.07, 6.45) is 1.70. The second-order valence-electron chi connectivity index (χ2n) is 6.28. The van der Waals surface area contributed by atoms with Crippen molar-refractivity contribution in [2.75, 3.05) is 5.32 Å². The largest absolute Gasteiger partial charge is 0.483 e. The molecule has 1 unspecified atom stereocenters. The number of hydrogen-bond acceptors (Lipinski definition) is 5. The van der Waals surface area contributed by atoms with E-state index in [4.69, 9.17) is 4.74 Å². The van der Waals surface area contributed by atoms with Crippen LogP contribution in [0.1, 0.15) is 12.7 Å². The number of thioether (sulfide) groups is 1. The fraction of sp³-hybridized carbons (Fsp3) is 0.190. The summed E-state index contributed by atoms with van der Waals surface area (Å²) in [6, 6.07) is 13.5. The number of halogens is 2. The van der Waals surface area contributed by atoms with Crippen LogP contribution in [0.3, 0.4) is 0 Å². The van der Waals surface area contributed by atoms with Crippen LogP contribution < -0.4 is 10.1 Å². The fourth-order valence-electron chi connectivity index (χ4n) is 2.55. The lowest BCUT2D eigenvalue weighted by Gasteiger charge is -2.13. The van der Waals surface area contributed by atoms with Crippen molar-refractivity contribution in [3.8, 4) is 5.75 Å². The molecule has 1 amide bonds. The molecule has 1 atom stereocenters. The summed E-state index contributed by atoms with van der Waals surface area (Å²) in [6.45, 7) is 6.03. The Kier molecular flexibility index (Phi) is 7.64. The first-order valence-electron chi connectivity index (χ1n) is 9.11. The molecular formula is C21H20BrFN4O2S. The molecular weight excluding hydrogens is 471 g/mol. The standard InChI is InChI=1S/C21H20BrFN4O2S/c1-3-11-27-19(13-29-18-10-5-4-9-17(18)23)25-26-21(27)30-14(2)20(28)24-16-8-6-7-15(22)12-16/h3-10,12,14H,1,11,13H2,2H3,(H,24,28). The Balaban J connectivity index is 1.68. The van der Waals surface area contributed by atoms with Crippen LogP contribution in [0.25, 0.3) is 0 Å². The molecule has 9 heteroatoms. The number of benzene rings is 2. The highest BCUT2D eigenvalue weighted by molar-refractivity contribution is 9.10. The third kappa shape index (κ3) is 5.70. The number of para-hydroxylation sites is 1. The van der Waals surface area contributed by atoms with Gasteiger partial charge in [0.15, 0.2) is 22.5 Å². The quantitative estimate of drug-likeness (QED) is 0.335. The molecule has 1 heterocycles. The Labute approximate surface area is 186 Å². The van der Waals surface area contributed by atoms with Gasteiger partial charge in [0.05, 0.1) is 5.25 Å². The molecule has 156 valence electrons. The second kappa shape index (κ2) is 10.4. The molecule has 0 aliphatic rings. The van der Waals surface area contributed by atoms with E-state index in [9.17, 15) is 9.18 Å². The van der Waals surface area contributed by atoms with Crippen LogP contribution in [0.5, 0.6) is 5.75 Å². The summed E-state index contributed by atoms with van der Waals surface area (Å²) in [4.78, 5) is 12.6. The summed E-state index contributed by atoms with van der Waals surface area (Å²) in [5.74, 6) is 0.0528. The average molecular weight is 491 g/mol. The minimum atomic E-state index is -0.445. The first kappa shape index (κ1) is 22.0. The number of nitrogens with one attached hydrogen (secondary N) is 1. The molecule has 0 bridgehead atoms. The van der Waals surface area contributed by atoms with Crippen molar-refractivity contribution in [2.24, 2.45) is 0 Å². The van der Waals surface area contributed by atoms with Crippen LogP contribution >= 0.6 is 27.7 Å². The highest BCUT2D eigenvalue weighted by atomic mass is 79.9. The third-order valence-electron chi connectivity index (χ3n) is 4.04. The number of carbonyl (C=O) groups excluding carboxylic acids is 1. The molecule has 30 heavy (non-hydrogen) atoms. The maximum absolute atomic E-state index is 13.8. The van der Waals surface area contributed by atoms with Gasteiger partial charge in [-0.2, -0.15) is 0 Å². The summed E-state index contributed by atoms with van der Waals surface area (Å²) in [7, 11) is 0. The number of allylic oxidation sites excluding steroid dienone is 1. The average Bonchev–Trinajstić information content (AvgIpc) is 3.09. The Morgan fingerprint density at radius 3 is 2.87 bits per heavy atom. The Morgan fingerprint density at radius 2 is 2.13 bits per heavy atom. The van der Waals surface area contributed by atoms with E-state index in [0.717, 1.165) is 4.47 Å². The molecule has 0 saturated heterocycles. The molecule has 0 radical (unpaired) electrons. The molecule has 0 aliphatic heterocycles. The van der Waals surface area contributed by atoms with Crippen LogP contribution in [-0.2, 0) is 17.9 Å². The number of rotatable bonds is 9. The molecule has 3 aromatic rings. The molecule has 0 aliphatic carbocycles. The highest BCUT2D eigenvalue weighted by Gasteiger charge is 2.20. The molecule has 2 aromatic carbocycles. The second-order valence-corrected chi connectivity index (χ2v) is 8.50. The minimum Gasteiger partial charge on any atom is -0.483 e. The van der Waals surface area contributed by atoms with E-state index in [-0.39, 0.29) is 18.3 Å². The van der Waals surface area contributed by atoms with Gasteiger partial charge in [-0.1, -0.05) is 52.0 Å². The van der Waals surface area contributed by atoms with Crippen LogP contribution in [0.2, 0.25) is 0 Å². The lowest BCUT2D eigenvalue weighted by molar-refractivity contribution is -0.115. The van der Waals surface area contributed by atoms with Gasteiger partial charge in [-0.15, -0.1) is 16.8 Å². The molecule has 0 saturated carbocycles. The van der Waals surface area contributed by atoms with E-state index in [0.29, 0.717) is 23.2 Å².